The first-order valence-corrected chi connectivity index (χ1v) is 7.68. The molecule has 0 fully saturated rings. The summed E-state index contributed by atoms with van der Waals surface area (Å²) in [5.41, 5.74) is 0.812. The van der Waals surface area contributed by atoms with Crippen molar-refractivity contribution in [2.45, 2.75) is 11.8 Å². The van der Waals surface area contributed by atoms with Gasteiger partial charge in [-0.05, 0) is 48.9 Å². The van der Waals surface area contributed by atoms with Gasteiger partial charge >= 0.3 is 0 Å². The van der Waals surface area contributed by atoms with Gasteiger partial charge < -0.3 is 0 Å². The minimum atomic E-state index is -3.91. The second-order valence-electron chi connectivity index (χ2n) is 4.33. The number of sulfonamides is 1. The van der Waals surface area contributed by atoms with E-state index in [-0.39, 0.29) is 21.2 Å². The van der Waals surface area contributed by atoms with Crippen molar-refractivity contribution in [3.05, 3.63) is 58.4 Å². The van der Waals surface area contributed by atoms with Crippen LogP contribution in [0.1, 0.15) is 11.1 Å². The molecular formula is C14H10ClFN2O2S. The highest BCUT2D eigenvalue weighted by Crippen LogP contribution is 2.25. The Morgan fingerprint density at radius 2 is 1.95 bits per heavy atom. The fraction of sp³-hybridized carbons (Fsp3) is 0.0714. The molecule has 21 heavy (non-hydrogen) atoms. The van der Waals surface area contributed by atoms with Crippen LogP contribution in [0.5, 0.6) is 0 Å². The first-order chi connectivity index (χ1) is 9.83. The summed E-state index contributed by atoms with van der Waals surface area (Å²) >= 11 is 5.89. The molecule has 0 radical (unpaired) electrons. The van der Waals surface area contributed by atoms with Crippen molar-refractivity contribution in [3.63, 3.8) is 0 Å². The van der Waals surface area contributed by atoms with E-state index in [0.29, 0.717) is 5.56 Å². The smallest absolute Gasteiger partial charge is 0.263 e. The number of nitrogens with one attached hydrogen (secondary N) is 1. The number of benzene rings is 2. The number of rotatable bonds is 3. The third kappa shape index (κ3) is 3.32. The molecular weight excluding hydrogens is 315 g/mol. The Kier molecular flexibility index (Phi) is 4.16. The van der Waals surface area contributed by atoms with Crippen LogP contribution in [-0.2, 0) is 10.0 Å². The summed E-state index contributed by atoms with van der Waals surface area (Å²) in [7, 11) is -3.91. The molecule has 0 aliphatic heterocycles. The highest BCUT2D eigenvalue weighted by molar-refractivity contribution is 7.92. The highest BCUT2D eigenvalue weighted by atomic mass is 35.5. The SMILES string of the molecule is Cc1cc(NS(=O)(=O)c2ccc(C#N)cc2Cl)ccc1F. The Morgan fingerprint density at radius 1 is 1.24 bits per heavy atom. The van der Waals surface area contributed by atoms with Gasteiger partial charge in [0.15, 0.2) is 0 Å². The van der Waals surface area contributed by atoms with E-state index in [0.717, 1.165) is 0 Å². The van der Waals surface area contributed by atoms with Gasteiger partial charge in [0.2, 0.25) is 0 Å². The van der Waals surface area contributed by atoms with Crippen molar-refractivity contribution in [3.8, 4) is 6.07 Å². The minimum Gasteiger partial charge on any atom is -0.280 e. The summed E-state index contributed by atoms with van der Waals surface area (Å²) < 4.78 is 40.0. The number of hydrogen-bond acceptors (Lipinski definition) is 3. The average molecular weight is 325 g/mol. The lowest BCUT2D eigenvalue weighted by Gasteiger charge is -2.10. The van der Waals surface area contributed by atoms with Crippen molar-refractivity contribution in [2.75, 3.05) is 4.72 Å². The van der Waals surface area contributed by atoms with Crippen LogP contribution in [0, 0.1) is 24.1 Å². The van der Waals surface area contributed by atoms with Crippen LogP contribution in [0.25, 0.3) is 0 Å². The maximum Gasteiger partial charge on any atom is 0.263 e. The van der Waals surface area contributed by atoms with Gasteiger partial charge in [-0.25, -0.2) is 12.8 Å². The molecule has 108 valence electrons. The second kappa shape index (κ2) is 5.72. The standard InChI is InChI=1S/C14H10ClFN2O2S/c1-9-6-11(3-4-13(9)16)18-21(19,20)14-5-2-10(8-17)7-12(14)15/h2-7,18H,1H3. The van der Waals surface area contributed by atoms with Gasteiger partial charge in [-0.15, -0.1) is 0 Å². The lowest BCUT2D eigenvalue weighted by molar-refractivity contribution is 0.601. The van der Waals surface area contributed by atoms with E-state index >= 15 is 0 Å². The number of hydrogen-bond donors (Lipinski definition) is 1. The fourth-order valence-electron chi connectivity index (χ4n) is 1.71. The summed E-state index contributed by atoms with van der Waals surface area (Å²) in [4.78, 5) is -0.148. The van der Waals surface area contributed by atoms with Crippen LogP contribution >= 0.6 is 11.6 Å². The predicted molar refractivity (Wildman–Crippen MR) is 78.1 cm³/mol. The number of nitriles is 1. The van der Waals surface area contributed by atoms with Gasteiger partial charge in [-0.2, -0.15) is 5.26 Å². The largest absolute Gasteiger partial charge is 0.280 e. The highest BCUT2D eigenvalue weighted by Gasteiger charge is 2.18. The van der Waals surface area contributed by atoms with Gasteiger partial charge in [0.25, 0.3) is 10.0 Å². The molecule has 2 aromatic rings. The Hall–Kier alpha value is -2.10. The zero-order valence-corrected chi connectivity index (χ0v) is 12.5. The van der Waals surface area contributed by atoms with Gasteiger partial charge in [-0.1, -0.05) is 11.6 Å². The van der Waals surface area contributed by atoms with E-state index in [4.69, 9.17) is 16.9 Å². The van der Waals surface area contributed by atoms with Crippen LogP contribution in [0.4, 0.5) is 10.1 Å². The molecule has 0 heterocycles. The van der Waals surface area contributed by atoms with Gasteiger partial charge in [0.1, 0.15) is 10.7 Å². The molecule has 0 atom stereocenters. The molecule has 0 spiro atoms. The lowest BCUT2D eigenvalue weighted by Crippen LogP contribution is -2.13. The first kappa shape index (κ1) is 15.3. The third-order valence-electron chi connectivity index (χ3n) is 2.76. The van der Waals surface area contributed by atoms with Crippen LogP contribution < -0.4 is 4.72 Å². The van der Waals surface area contributed by atoms with Crippen molar-refractivity contribution in [2.24, 2.45) is 0 Å². The molecule has 7 heteroatoms. The van der Waals surface area contributed by atoms with E-state index in [1.807, 2.05) is 6.07 Å². The maximum atomic E-state index is 13.2. The quantitative estimate of drug-likeness (QED) is 0.940. The summed E-state index contributed by atoms with van der Waals surface area (Å²) in [6.07, 6.45) is 0. The number of anilines is 1. The molecule has 0 bridgehead atoms. The molecule has 0 amide bonds. The second-order valence-corrected chi connectivity index (χ2v) is 6.38. The molecule has 0 saturated heterocycles. The van der Waals surface area contributed by atoms with Crippen LogP contribution in [0.2, 0.25) is 5.02 Å². The van der Waals surface area contributed by atoms with Crippen molar-refractivity contribution in [1.82, 2.24) is 0 Å². The van der Waals surface area contributed by atoms with Crippen LogP contribution in [0.15, 0.2) is 41.3 Å². The monoisotopic (exact) mass is 324 g/mol. The fourth-order valence-corrected chi connectivity index (χ4v) is 3.30. The molecule has 0 aliphatic carbocycles. The molecule has 0 saturated carbocycles. The molecule has 0 aliphatic rings. The number of halogens is 2. The maximum absolute atomic E-state index is 13.2. The van der Waals surface area contributed by atoms with Crippen molar-refractivity contribution >= 4 is 27.3 Å². The topological polar surface area (TPSA) is 70.0 Å². The molecule has 2 aromatic carbocycles. The summed E-state index contributed by atoms with van der Waals surface area (Å²) in [5, 5.41) is 8.68. The van der Waals surface area contributed by atoms with Crippen LogP contribution in [-0.4, -0.2) is 8.42 Å². The van der Waals surface area contributed by atoms with E-state index in [2.05, 4.69) is 4.72 Å². The summed E-state index contributed by atoms with van der Waals surface area (Å²) in [6.45, 7) is 1.53. The average Bonchev–Trinajstić information content (AvgIpc) is 2.42. The number of nitrogens with zero attached hydrogens (tertiary/aromatic N) is 1. The van der Waals surface area contributed by atoms with Crippen molar-refractivity contribution in [1.29, 1.82) is 5.26 Å². The van der Waals surface area contributed by atoms with Gasteiger partial charge in [0, 0.05) is 5.69 Å². The van der Waals surface area contributed by atoms with E-state index in [9.17, 15) is 12.8 Å². The summed E-state index contributed by atoms with van der Waals surface area (Å²) in [6, 6.07) is 9.62. The Bertz CT molecular complexity index is 845. The first-order valence-electron chi connectivity index (χ1n) is 5.82. The molecule has 2 rings (SSSR count). The lowest BCUT2D eigenvalue weighted by atomic mass is 10.2. The molecule has 4 nitrogen and oxygen atoms in total. The molecule has 1 N–H and O–H groups in total. The van der Waals surface area contributed by atoms with Gasteiger partial charge in [-0.3, -0.25) is 4.72 Å². The summed E-state index contributed by atoms with van der Waals surface area (Å²) in [5.74, 6) is -0.422. The molecule has 0 unspecified atom stereocenters. The van der Waals surface area contributed by atoms with Crippen molar-refractivity contribution < 1.29 is 12.8 Å². The Balaban J connectivity index is 2.38. The van der Waals surface area contributed by atoms with Gasteiger partial charge in [0.05, 0.1) is 16.7 Å². The van der Waals surface area contributed by atoms with E-state index in [1.54, 1.807) is 0 Å². The van der Waals surface area contributed by atoms with E-state index in [1.165, 1.54) is 43.3 Å². The Morgan fingerprint density at radius 3 is 2.52 bits per heavy atom. The minimum absolute atomic E-state index is 0.0552. The zero-order chi connectivity index (χ0) is 15.6. The number of aryl methyl sites for hydroxylation is 1. The predicted octanol–water partition coefficient (Wildman–Crippen LogP) is 3.46. The van der Waals surface area contributed by atoms with Crippen LogP contribution in [0.3, 0.4) is 0 Å². The molecule has 0 aromatic heterocycles. The normalized spacial score (nSPS) is 11.0. The third-order valence-corrected chi connectivity index (χ3v) is 4.62. The van der Waals surface area contributed by atoms with E-state index < -0.39 is 15.8 Å². The zero-order valence-electron chi connectivity index (χ0n) is 10.9. The Labute approximate surface area is 126 Å².